The van der Waals surface area contributed by atoms with Gasteiger partial charge in [0.15, 0.2) is 0 Å². The maximum absolute atomic E-state index is 12.3. The molecule has 0 spiro atoms. The second-order valence-corrected chi connectivity index (χ2v) is 5.96. The summed E-state index contributed by atoms with van der Waals surface area (Å²) in [5.41, 5.74) is 3.61. The fourth-order valence-corrected chi connectivity index (χ4v) is 3.17. The molecule has 1 amide bonds. The van der Waals surface area contributed by atoms with Gasteiger partial charge < -0.3 is 5.32 Å². The third kappa shape index (κ3) is 3.41. The van der Waals surface area contributed by atoms with Crippen LogP contribution in [0.5, 0.6) is 0 Å². The molecule has 1 aliphatic rings. The van der Waals surface area contributed by atoms with E-state index in [0.717, 1.165) is 24.4 Å². The number of carbonyl (C=O) groups is 1. The summed E-state index contributed by atoms with van der Waals surface area (Å²) in [6.07, 6.45) is 8.21. The first-order valence-corrected chi connectivity index (χ1v) is 8.31. The summed E-state index contributed by atoms with van der Waals surface area (Å²) < 4.78 is 1.70. The third-order valence-corrected chi connectivity index (χ3v) is 4.37. The molecule has 0 unspecified atom stereocenters. The minimum atomic E-state index is -0.257. The number of rotatable bonds is 6. The molecule has 1 atom stereocenters. The topological polar surface area (TPSA) is 72.7 Å². The minimum Gasteiger partial charge on any atom is -0.354 e. The van der Waals surface area contributed by atoms with Crippen LogP contribution in [0.15, 0.2) is 18.5 Å². The van der Waals surface area contributed by atoms with Gasteiger partial charge in [-0.25, -0.2) is 9.97 Å². The smallest absolute Gasteiger partial charge is 0.244 e. The number of nitrogens with zero attached hydrogens (tertiary/aromatic N) is 4. The van der Waals surface area contributed by atoms with Crippen molar-refractivity contribution in [2.24, 2.45) is 0 Å². The van der Waals surface area contributed by atoms with Crippen molar-refractivity contribution >= 4 is 5.91 Å². The molecule has 3 rings (SSSR count). The zero-order valence-electron chi connectivity index (χ0n) is 13.7. The van der Waals surface area contributed by atoms with Gasteiger partial charge in [-0.1, -0.05) is 6.92 Å². The van der Waals surface area contributed by atoms with Crippen LogP contribution < -0.4 is 5.32 Å². The highest BCUT2D eigenvalue weighted by Gasteiger charge is 2.19. The lowest BCUT2D eigenvalue weighted by Gasteiger charge is -2.15. The molecule has 2 heterocycles. The average Bonchev–Trinajstić information content (AvgIpc) is 3.19. The van der Waals surface area contributed by atoms with Gasteiger partial charge in [0.2, 0.25) is 5.91 Å². The van der Waals surface area contributed by atoms with E-state index in [0.29, 0.717) is 19.4 Å². The van der Waals surface area contributed by atoms with Crippen molar-refractivity contribution in [3.63, 3.8) is 0 Å². The summed E-state index contributed by atoms with van der Waals surface area (Å²) in [4.78, 5) is 21.5. The molecule has 6 nitrogen and oxygen atoms in total. The molecule has 1 aliphatic carbocycles. The second-order valence-electron chi connectivity index (χ2n) is 5.96. The van der Waals surface area contributed by atoms with Crippen LogP contribution in [0.2, 0.25) is 0 Å². The first kappa shape index (κ1) is 15.6. The van der Waals surface area contributed by atoms with E-state index in [1.807, 2.05) is 19.2 Å². The summed E-state index contributed by atoms with van der Waals surface area (Å²) in [5, 5.41) is 7.13. The molecule has 2 aromatic rings. The monoisotopic (exact) mass is 313 g/mol. The van der Waals surface area contributed by atoms with Crippen LogP contribution in [0, 0.1) is 6.92 Å². The number of carbonyl (C=O) groups excluding carboxylic acids is 1. The van der Waals surface area contributed by atoms with Crippen molar-refractivity contribution < 1.29 is 4.79 Å². The zero-order valence-corrected chi connectivity index (χ0v) is 13.7. The summed E-state index contributed by atoms with van der Waals surface area (Å²) in [5.74, 6) is 0.824. The van der Waals surface area contributed by atoms with Crippen LogP contribution >= 0.6 is 0 Å². The van der Waals surface area contributed by atoms with E-state index < -0.39 is 0 Å². The molecule has 0 bridgehead atoms. The molecule has 6 heteroatoms. The minimum absolute atomic E-state index is 0.00548. The Balaban J connectivity index is 1.57. The normalized spacial score (nSPS) is 14.5. The number of nitrogens with one attached hydrogen (secondary N) is 1. The molecule has 0 radical (unpaired) electrons. The van der Waals surface area contributed by atoms with Crippen LogP contribution in [0.3, 0.4) is 0 Å². The first-order valence-electron chi connectivity index (χ1n) is 8.31. The van der Waals surface area contributed by atoms with Crippen LogP contribution in [-0.2, 0) is 24.1 Å². The van der Waals surface area contributed by atoms with Gasteiger partial charge in [0.25, 0.3) is 0 Å². The van der Waals surface area contributed by atoms with Gasteiger partial charge in [-0.15, -0.1) is 0 Å². The number of hydrogen-bond acceptors (Lipinski definition) is 4. The summed E-state index contributed by atoms with van der Waals surface area (Å²) in [6, 6.07) is 1.57. The Morgan fingerprint density at radius 2 is 2.26 bits per heavy atom. The molecule has 0 saturated heterocycles. The average molecular weight is 313 g/mol. The van der Waals surface area contributed by atoms with Crippen LogP contribution in [0.4, 0.5) is 0 Å². The van der Waals surface area contributed by atoms with Gasteiger partial charge in [0.05, 0.1) is 0 Å². The summed E-state index contributed by atoms with van der Waals surface area (Å²) in [7, 11) is 0. The predicted molar refractivity (Wildman–Crippen MR) is 87.1 cm³/mol. The van der Waals surface area contributed by atoms with E-state index >= 15 is 0 Å². The molecule has 1 N–H and O–H groups in total. The fraction of sp³-hybridized carbons (Fsp3) is 0.529. The van der Waals surface area contributed by atoms with E-state index in [9.17, 15) is 4.79 Å². The number of aromatic nitrogens is 4. The number of hydrogen-bond donors (Lipinski definition) is 1. The quantitative estimate of drug-likeness (QED) is 0.882. The predicted octanol–water partition coefficient (Wildman–Crippen LogP) is 1.78. The van der Waals surface area contributed by atoms with Crippen LogP contribution in [0.25, 0.3) is 0 Å². The largest absolute Gasteiger partial charge is 0.354 e. The summed E-state index contributed by atoms with van der Waals surface area (Å²) in [6.45, 7) is 4.59. The molecule has 23 heavy (non-hydrogen) atoms. The van der Waals surface area contributed by atoms with Gasteiger partial charge in [0.1, 0.15) is 11.9 Å². The Morgan fingerprint density at radius 3 is 3.00 bits per heavy atom. The Morgan fingerprint density at radius 1 is 1.39 bits per heavy atom. The highest BCUT2D eigenvalue weighted by Crippen LogP contribution is 2.22. The van der Waals surface area contributed by atoms with Gasteiger partial charge >= 0.3 is 0 Å². The van der Waals surface area contributed by atoms with Crippen LogP contribution in [-0.4, -0.2) is 32.2 Å². The third-order valence-electron chi connectivity index (χ3n) is 4.37. The Hall–Kier alpha value is -2.24. The van der Waals surface area contributed by atoms with Crippen molar-refractivity contribution in [1.82, 2.24) is 25.1 Å². The molecule has 2 aromatic heterocycles. The maximum atomic E-state index is 12.3. The number of aryl methyl sites for hydroxylation is 2. The van der Waals surface area contributed by atoms with Gasteiger partial charge in [-0.3, -0.25) is 9.48 Å². The molecular formula is C17H23N5O. The van der Waals surface area contributed by atoms with Crippen molar-refractivity contribution in [3.8, 4) is 0 Å². The Bertz CT molecular complexity index is 681. The van der Waals surface area contributed by atoms with Gasteiger partial charge in [-0.2, -0.15) is 5.10 Å². The van der Waals surface area contributed by atoms with E-state index in [2.05, 4.69) is 27.3 Å². The highest BCUT2D eigenvalue weighted by molar-refractivity contribution is 5.80. The van der Waals surface area contributed by atoms with Gasteiger partial charge in [0, 0.05) is 36.7 Å². The molecule has 122 valence electrons. The standard InChI is InChI=1S/C17H23N5O/c1-3-15(22-11-5-9-19-22)17(23)18-10-8-16-20-12(2)13-6-4-7-14(13)21-16/h5,9,11,15H,3-4,6-8,10H2,1-2H3,(H,18,23)/t15-/m1/s1. The van der Waals surface area contributed by atoms with E-state index in [1.54, 1.807) is 10.9 Å². The Labute approximate surface area is 136 Å². The second kappa shape index (κ2) is 6.89. The van der Waals surface area contributed by atoms with E-state index in [1.165, 1.54) is 17.7 Å². The lowest BCUT2D eigenvalue weighted by Crippen LogP contribution is -2.34. The zero-order chi connectivity index (χ0) is 16.2. The lowest BCUT2D eigenvalue weighted by molar-refractivity contribution is -0.124. The van der Waals surface area contributed by atoms with Crippen molar-refractivity contribution in [1.29, 1.82) is 0 Å². The maximum Gasteiger partial charge on any atom is 0.244 e. The van der Waals surface area contributed by atoms with E-state index in [4.69, 9.17) is 0 Å². The molecular weight excluding hydrogens is 290 g/mol. The Kier molecular flexibility index (Phi) is 4.69. The van der Waals surface area contributed by atoms with Crippen molar-refractivity contribution in [3.05, 3.63) is 41.2 Å². The SMILES string of the molecule is CC[C@H](C(=O)NCCc1nc(C)c2c(n1)CCC2)n1cccn1. The van der Waals surface area contributed by atoms with Crippen molar-refractivity contribution in [2.45, 2.75) is 52.0 Å². The molecule has 0 aliphatic heterocycles. The first-order chi connectivity index (χ1) is 11.2. The van der Waals surface area contributed by atoms with Crippen LogP contribution in [0.1, 0.15) is 48.6 Å². The van der Waals surface area contributed by atoms with Crippen molar-refractivity contribution in [2.75, 3.05) is 6.54 Å². The lowest BCUT2D eigenvalue weighted by atomic mass is 10.2. The molecule has 0 aromatic carbocycles. The highest BCUT2D eigenvalue weighted by atomic mass is 16.2. The molecule has 0 fully saturated rings. The van der Waals surface area contributed by atoms with Gasteiger partial charge in [-0.05, 0) is 44.2 Å². The fourth-order valence-electron chi connectivity index (χ4n) is 3.17. The molecule has 0 saturated carbocycles. The summed E-state index contributed by atoms with van der Waals surface area (Å²) >= 11 is 0. The number of amides is 1. The number of fused-ring (bicyclic) bond motifs is 1. The van der Waals surface area contributed by atoms with E-state index in [-0.39, 0.29) is 11.9 Å².